The van der Waals surface area contributed by atoms with Crippen molar-refractivity contribution in [3.63, 3.8) is 0 Å². The Morgan fingerprint density at radius 3 is 1.08 bits per heavy atom. The molecule has 0 spiro atoms. The van der Waals surface area contributed by atoms with Gasteiger partial charge in [-0.05, 0) is 77.0 Å². The monoisotopic (exact) mass is 863 g/mol. The number of ether oxygens (including phenoxy) is 3. The van der Waals surface area contributed by atoms with Gasteiger partial charge in [-0.15, -0.1) is 0 Å². The smallest absolute Gasteiger partial charge is 0.306 e. The lowest BCUT2D eigenvalue weighted by molar-refractivity contribution is -0.166. The molecule has 0 aromatic rings. The maximum absolute atomic E-state index is 12.8. The van der Waals surface area contributed by atoms with Crippen LogP contribution in [0.25, 0.3) is 0 Å². The fourth-order valence-electron chi connectivity index (χ4n) is 6.88. The first kappa shape index (κ1) is 58.6. The summed E-state index contributed by atoms with van der Waals surface area (Å²) < 4.78 is 16.7. The maximum Gasteiger partial charge on any atom is 0.306 e. The third-order valence-electron chi connectivity index (χ3n) is 10.7. The van der Waals surface area contributed by atoms with Gasteiger partial charge in [0, 0.05) is 19.3 Å². The van der Waals surface area contributed by atoms with Crippen molar-refractivity contribution in [2.45, 2.75) is 239 Å². The summed E-state index contributed by atoms with van der Waals surface area (Å²) in [7, 11) is 0. The lowest BCUT2D eigenvalue weighted by Crippen LogP contribution is -2.30. The van der Waals surface area contributed by atoms with Crippen LogP contribution in [0.5, 0.6) is 0 Å². The summed E-state index contributed by atoms with van der Waals surface area (Å²) in [6.45, 7) is 6.33. The highest BCUT2D eigenvalue weighted by Gasteiger charge is 2.19. The second-order valence-electron chi connectivity index (χ2n) is 16.7. The number of allylic oxidation sites excluding steroid dienone is 14. The van der Waals surface area contributed by atoms with Crippen LogP contribution in [0.3, 0.4) is 0 Å². The summed E-state index contributed by atoms with van der Waals surface area (Å²) in [6.07, 6.45) is 64.4. The molecule has 0 fully saturated rings. The number of unbranched alkanes of at least 4 members (excludes halogenated alkanes) is 20. The minimum atomic E-state index is -0.812. The number of hydrogen-bond acceptors (Lipinski definition) is 6. The van der Waals surface area contributed by atoms with Gasteiger partial charge in [0.25, 0.3) is 0 Å². The molecule has 0 rings (SSSR count). The lowest BCUT2D eigenvalue weighted by atomic mass is 10.0. The third-order valence-corrected chi connectivity index (χ3v) is 10.7. The Morgan fingerprint density at radius 2 is 0.661 bits per heavy atom. The van der Waals surface area contributed by atoms with Crippen LogP contribution in [0, 0.1) is 0 Å². The molecule has 0 aliphatic carbocycles. The van der Waals surface area contributed by atoms with E-state index >= 15 is 0 Å². The molecule has 1 atom stereocenters. The van der Waals surface area contributed by atoms with Gasteiger partial charge in [-0.3, -0.25) is 14.4 Å². The first-order valence-corrected chi connectivity index (χ1v) is 25.6. The van der Waals surface area contributed by atoms with E-state index in [9.17, 15) is 14.4 Å². The Labute approximate surface area is 382 Å². The summed E-state index contributed by atoms with van der Waals surface area (Å²) in [6, 6.07) is 0. The molecule has 0 amide bonds. The Bertz CT molecular complexity index is 1220. The van der Waals surface area contributed by atoms with E-state index in [-0.39, 0.29) is 37.5 Å². The van der Waals surface area contributed by atoms with Crippen LogP contribution in [0.2, 0.25) is 0 Å². The average molecular weight is 863 g/mol. The van der Waals surface area contributed by atoms with Crippen LogP contribution in [0.4, 0.5) is 0 Å². The maximum atomic E-state index is 12.8. The van der Waals surface area contributed by atoms with Crippen molar-refractivity contribution in [1.82, 2.24) is 0 Å². The Kier molecular flexibility index (Phi) is 47.5. The van der Waals surface area contributed by atoms with Gasteiger partial charge in [-0.25, -0.2) is 0 Å². The van der Waals surface area contributed by atoms with Gasteiger partial charge in [-0.1, -0.05) is 221 Å². The van der Waals surface area contributed by atoms with Gasteiger partial charge in [0.05, 0.1) is 0 Å². The normalized spacial score (nSPS) is 12.8. The second kappa shape index (κ2) is 50.2. The van der Waals surface area contributed by atoms with Gasteiger partial charge in [-0.2, -0.15) is 0 Å². The molecule has 6 nitrogen and oxygen atoms in total. The molecule has 0 heterocycles. The number of hydrogen-bond donors (Lipinski definition) is 0. The molecule has 0 N–H and O–H groups in total. The molecule has 0 aromatic heterocycles. The molecular weight excluding hydrogens is 769 g/mol. The zero-order chi connectivity index (χ0) is 45.1. The zero-order valence-corrected chi connectivity index (χ0v) is 40.4. The highest BCUT2D eigenvalue weighted by molar-refractivity contribution is 5.71. The third kappa shape index (κ3) is 47.6. The predicted octanol–water partition coefficient (Wildman–Crippen LogP) is 16.8. The Hall–Kier alpha value is -3.41. The SMILES string of the molecule is CC/C=C\C/C=C\C/C=C\C/C=C\CCC(=O)OCC(COC(=O)CCCCCCCCCCCCCCCCCC)OC(=O)CCCCCCC/C=C\C/C=C\C/C=C\CC. The molecular formula is C56H94O6. The molecule has 0 aliphatic heterocycles. The van der Waals surface area contributed by atoms with Crippen molar-refractivity contribution in [1.29, 1.82) is 0 Å². The summed E-state index contributed by atoms with van der Waals surface area (Å²) in [5.41, 5.74) is 0. The van der Waals surface area contributed by atoms with Crippen LogP contribution in [-0.4, -0.2) is 37.2 Å². The average Bonchev–Trinajstić information content (AvgIpc) is 3.27. The molecule has 0 bridgehead atoms. The molecule has 1 unspecified atom stereocenters. The summed E-state index contributed by atoms with van der Waals surface area (Å²) in [5, 5.41) is 0. The Morgan fingerprint density at radius 1 is 0.339 bits per heavy atom. The fraction of sp³-hybridized carbons (Fsp3) is 0.696. The van der Waals surface area contributed by atoms with E-state index in [2.05, 4.69) is 93.7 Å². The minimum Gasteiger partial charge on any atom is -0.462 e. The minimum absolute atomic E-state index is 0.104. The number of rotatable bonds is 45. The van der Waals surface area contributed by atoms with Crippen molar-refractivity contribution >= 4 is 17.9 Å². The van der Waals surface area contributed by atoms with E-state index in [1.165, 1.54) is 83.5 Å². The van der Waals surface area contributed by atoms with Crippen molar-refractivity contribution < 1.29 is 28.6 Å². The summed E-state index contributed by atoms with van der Waals surface area (Å²) in [4.78, 5) is 37.9. The first-order chi connectivity index (χ1) is 30.5. The van der Waals surface area contributed by atoms with Crippen molar-refractivity contribution in [3.8, 4) is 0 Å². The van der Waals surface area contributed by atoms with Crippen LogP contribution >= 0.6 is 0 Å². The fourth-order valence-corrected chi connectivity index (χ4v) is 6.88. The molecule has 0 radical (unpaired) electrons. The molecule has 354 valence electrons. The highest BCUT2D eigenvalue weighted by Crippen LogP contribution is 2.15. The van der Waals surface area contributed by atoms with Crippen molar-refractivity contribution in [3.05, 3.63) is 85.1 Å². The Balaban J connectivity index is 4.47. The molecule has 0 saturated heterocycles. The van der Waals surface area contributed by atoms with Crippen LogP contribution in [0.15, 0.2) is 85.1 Å². The quantitative estimate of drug-likeness (QED) is 0.0263. The first-order valence-electron chi connectivity index (χ1n) is 25.6. The van der Waals surface area contributed by atoms with Crippen LogP contribution < -0.4 is 0 Å². The van der Waals surface area contributed by atoms with E-state index in [4.69, 9.17) is 14.2 Å². The number of esters is 3. The highest BCUT2D eigenvalue weighted by atomic mass is 16.6. The molecule has 6 heteroatoms. The molecule has 62 heavy (non-hydrogen) atoms. The largest absolute Gasteiger partial charge is 0.462 e. The second-order valence-corrected chi connectivity index (χ2v) is 16.7. The van der Waals surface area contributed by atoms with E-state index in [1.807, 2.05) is 12.2 Å². The standard InChI is InChI=1S/C56H94O6/c1-4-7-10-13-16-19-22-25-27-29-31-34-37-40-43-46-49-55(58)61-52-53(51-60-54(57)48-45-42-39-36-33-30-24-21-18-15-12-9-6-3)62-56(59)50-47-44-41-38-35-32-28-26-23-20-17-14-11-8-5-2/h8-9,11-12,17-18,20-21,26,28,30,33,39,42,53H,4-7,10,13-16,19,22-25,27,29,31-32,34-38,40-41,43-52H2,1-3H3/b11-8-,12-9-,20-17-,21-18-,28-26-,33-30-,42-39-. The lowest BCUT2D eigenvalue weighted by Gasteiger charge is -2.18. The van der Waals surface area contributed by atoms with Crippen LogP contribution in [-0.2, 0) is 28.6 Å². The van der Waals surface area contributed by atoms with Crippen molar-refractivity contribution in [2.24, 2.45) is 0 Å². The summed E-state index contributed by atoms with van der Waals surface area (Å²) >= 11 is 0. The zero-order valence-electron chi connectivity index (χ0n) is 40.4. The molecule has 0 aliphatic rings. The predicted molar refractivity (Wildman–Crippen MR) is 265 cm³/mol. The van der Waals surface area contributed by atoms with E-state index in [0.29, 0.717) is 19.3 Å². The molecule has 0 saturated carbocycles. The topological polar surface area (TPSA) is 78.9 Å². The van der Waals surface area contributed by atoms with E-state index in [1.54, 1.807) is 0 Å². The number of carbonyl (C=O) groups excluding carboxylic acids is 3. The summed E-state index contributed by atoms with van der Waals surface area (Å²) in [5.74, 6) is -1.01. The van der Waals surface area contributed by atoms with Gasteiger partial charge >= 0.3 is 17.9 Å². The van der Waals surface area contributed by atoms with Gasteiger partial charge < -0.3 is 14.2 Å². The van der Waals surface area contributed by atoms with Gasteiger partial charge in [0.15, 0.2) is 6.10 Å². The molecule has 0 aromatic carbocycles. The van der Waals surface area contributed by atoms with Gasteiger partial charge in [0.1, 0.15) is 13.2 Å². The number of carbonyl (C=O) groups is 3. The van der Waals surface area contributed by atoms with E-state index in [0.717, 1.165) is 103 Å². The van der Waals surface area contributed by atoms with Crippen LogP contribution in [0.1, 0.15) is 233 Å². The van der Waals surface area contributed by atoms with E-state index < -0.39 is 6.10 Å². The van der Waals surface area contributed by atoms with Crippen molar-refractivity contribution in [2.75, 3.05) is 13.2 Å². The van der Waals surface area contributed by atoms with Gasteiger partial charge in [0.2, 0.25) is 0 Å².